The Bertz CT molecular complexity index is 488. The van der Waals surface area contributed by atoms with E-state index in [4.69, 9.17) is 0 Å². The van der Waals surface area contributed by atoms with Gasteiger partial charge in [-0.1, -0.05) is 11.1 Å². The Morgan fingerprint density at radius 3 is 2.06 bits per heavy atom. The van der Waals surface area contributed by atoms with Crippen LogP contribution in [0.1, 0.15) is 36.0 Å². The van der Waals surface area contributed by atoms with E-state index in [1.54, 1.807) is 23.3 Å². The van der Waals surface area contributed by atoms with Crippen molar-refractivity contribution < 1.29 is 9.18 Å². The summed E-state index contributed by atoms with van der Waals surface area (Å²) in [5.74, 6) is -0.277. The molecule has 1 saturated heterocycles. The molecule has 2 fully saturated rings. The van der Waals surface area contributed by atoms with E-state index >= 15 is 0 Å². The minimum atomic E-state index is -0.300. The van der Waals surface area contributed by atoms with Crippen LogP contribution in [0.2, 0.25) is 0 Å². The largest absolute Gasteiger partial charge is 0.338 e. The molecule has 0 N–H and O–H groups in total. The lowest BCUT2D eigenvalue weighted by molar-refractivity contribution is 0.0743. The number of rotatable bonds is 1. The molecule has 94 valence electrons. The molecule has 1 aliphatic heterocycles. The fraction of sp³-hybridized carbons (Fsp3) is 0.400. The van der Waals surface area contributed by atoms with Gasteiger partial charge in [-0.3, -0.25) is 4.79 Å². The molecule has 2 nitrogen and oxygen atoms in total. The highest BCUT2D eigenvalue weighted by molar-refractivity contribution is 5.94. The molecule has 3 rings (SSSR count). The fourth-order valence-corrected chi connectivity index (χ4v) is 2.52. The van der Waals surface area contributed by atoms with Crippen molar-refractivity contribution in [2.75, 3.05) is 13.1 Å². The SMILES string of the molecule is O=C(c1ccc(F)cc1)N1CCC(=C2CC2)CC1. The molecule has 0 unspecified atom stereocenters. The van der Waals surface area contributed by atoms with Crippen molar-refractivity contribution in [2.24, 2.45) is 0 Å². The third-order valence-electron chi connectivity index (χ3n) is 3.75. The van der Waals surface area contributed by atoms with Gasteiger partial charge in [0.05, 0.1) is 0 Å². The van der Waals surface area contributed by atoms with Crippen LogP contribution >= 0.6 is 0 Å². The van der Waals surface area contributed by atoms with Crippen LogP contribution in [0.25, 0.3) is 0 Å². The topological polar surface area (TPSA) is 20.3 Å². The third-order valence-corrected chi connectivity index (χ3v) is 3.75. The summed E-state index contributed by atoms with van der Waals surface area (Å²) in [6.45, 7) is 1.60. The highest BCUT2D eigenvalue weighted by Gasteiger charge is 2.24. The molecular formula is C15H16FNO. The number of piperidine rings is 1. The van der Waals surface area contributed by atoms with Gasteiger partial charge in [-0.15, -0.1) is 0 Å². The van der Waals surface area contributed by atoms with Crippen molar-refractivity contribution in [3.63, 3.8) is 0 Å². The van der Waals surface area contributed by atoms with Crippen LogP contribution in [0.15, 0.2) is 35.4 Å². The van der Waals surface area contributed by atoms with Crippen molar-refractivity contribution in [1.82, 2.24) is 4.90 Å². The summed E-state index contributed by atoms with van der Waals surface area (Å²) >= 11 is 0. The maximum absolute atomic E-state index is 12.8. The van der Waals surface area contributed by atoms with Crippen LogP contribution in [0, 0.1) is 5.82 Å². The smallest absolute Gasteiger partial charge is 0.253 e. The van der Waals surface area contributed by atoms with E-state index in [9.17, 15) is 9.18 Å². The van der Waals surface area contributed by atoms with Crippen molar-refractivity contribution in [2.45, 2.75) is 25.7 Å². The molecule has 1 aromatic rings. The Morgan fingerprint density at radius 2 is 1.50 bits per heavy atom. The predicted octanol–water partition coefficient (Wildman–Crippen LogP) is 3.15. The lowest BCUT2D eigenvalue weighted by Gasteiger charge is -2.28. The van der Waals surface area contributed by atoms with Crippen molar-refractivity contribution in [3.05, 3.63) is 46.8 Å². The summed E-state index contributed by atoms with van der Waals surface area (Å²) in [7, 11) is 0. The predicted molar refractivity (Wildman–Crippen MR) is 67.8 cm³/mol. The maximum atomic E-state index is 12.8. The van der Waals surface area contributed by atoms with Gasteiger partial charge >= 0.3 is 0 Å². The summed E-state index contributed by atoms with van der Waals surface area (Å²) in [6.07, 6.45) is 4.56. The van der Waals surface area contributed by atoms with E-state index in [1.165, 1.54) is 25.0 Å². The second-order valence-corrected chi connectivity index (χ2v) is 5.01. The molecule has 1 amide bonds. The van der Waals surface area contributed by atoms with E-state index < -0.39 is 0 Å². The minimum absolute atomic E-state index is 0.0230. The van der Waals surface area contributed by atoms with Gasteiger partial charge in [0, 0.05) is 18.7 Å². The van der Waals surface area contributed by atoms with Crippen molar-refractivity contribution in [3.8, 4) is 0 Å². The van der Waals surface area contributed by atoms with Crippen LogP contribution in [0.5, 0.6) is 0 Å². The first kappa shape index (κ1) is 11.5. The Labute approximate surface area is 106 Å². The molecule has 0 atom stereocenters. The molecule has 18 heavy (non-hydrogen) atoms. The van der Waals surface area contributed by atoms with Crippen LogP contribution in [0.4, 0.5) is 4.39 Å². The summed E-state index contributed by atoms with van der Waals surface area (Å²) in [6, 6.07) is 5.81. The van der Waals surface area contributed by atoms with Crippen LogP contribution in [-0.2, 0) is 0 Å². The number of amides is 1. The number of allylic oxidation sites excluding steroid dienone is 1. The number of nitrogens with zero attached hydrogens (tertiary/aromatic N) is 1. The summed E-state index contributed by atoms with van der Waals surface area (Å²) < 4.78 is 12.8. The van der Waals surface area contributed by atoms with E-state index in [2.05, 4.69) is 0 Å². The first-order valence-corrected chi connectivity index (χ1v) is 6.48. The summed E-state index contributed by atoms with van der Waals surface area (Å²) in [4.78, 5) is 14.1. The normalized spacial score (nSPS) is 19.1. The molecule has 1 aromatic carbocycles. The van der Waals surface area contributed by atoms with E-state index in [0.717, 1.165) is 25.9 Å². The van der Waals surface area contributed by atoms with E-state index in [1.807, 2.05) is 4.90 Å². The number of hydrogen-bond donors (Lipinski definition) is 0. The van der Waals surface area contributed by atoms with Gasteiger partial charge in [0.2, 0.25) is 0 Å². The zero-order valence-electron chi connectivity index (χ0n) is 10.3. The highest BCUT2D eigenvalue weighted by atomic mass is 19.1. The average Bonchev–Trinajstić information content (AvgIpc) is 3.23. The second kappa shape index (κ2) is 4.56. The van der Waals surface area contributed by atoms with E-state index in [-0.39, 0.29) is 11.7 Å². The number of halogens is 1. The molecule has 0 bridgehead atoms. The highest BCUT2D eigenvalue weighted by Crippen LogP contribution is 2.36. The average molecular weight is 245 g/mol. The van der Waals surface area contributed by atoms with Crippen molar-refractivity contribution in [1.29, 1.82) is 0 Å². The minimum Gasteiger partial charge on any atom is -0.338 e. The monoisotopic (exact) mass is 245 g/mol. The van der Waals surface area contributed by atoms with Gasteiger partial charge in [-0.25, -0.2) is 4.39 Å². The lowest BCUT2D eigenvalue weighted by Crippen LogP contribution is -2.36. The Kier molecular flexibility index (Phi) is 2.90. The second-order valence-electron chi connectivity index (χ2n) is 5.01. The van der Waals surface area contributed by atoms with Gasteiger partial charge in [0.25, 0.3) is 5.91 Å². The van der Waals surface area contributed by atoms with Crippen molar-refractivity contribution >= 4 is 5.91 Å². The van der Waals surface area contributed by atoms with Gasteiger partial charge in [0.15, 0.2) is 0 Å². The zero-order chi connectivity index (χ0) is 12.5. The fourth-order valence-electron chi connectivity index (χ4n) is 2.52. The molecule has 1 aliphatic carbocycles. The summed E-state index contributed by atoms with van der Waals surface area (Å²) in [5.41, 5.74) is 3.76. The van der Waals surface area contributed by atoms with Crippen LogP contribution < -0.4 is 0 Å². The Morgan fingerprint density at radius 1 is 0.944 bits per heavy atom. The first-order chi connectivity index (χ1) is 8.74. The molecule has 1 heterocycles. The first-order valence-electron chi connectivity index (χ1n) is 6.48. The van der Waals surface area contributed by atoms with Gasteiger partial charge in [0.1, 0.15) is 5.82 Å². The third kappa shape index (κ3) is 2.30. The number of carbonyl (C=O) groups excluding carboxylic acids is 1. The molecule has 2 aliphatic rings. The molecular weight excluding hydrogens is 229 g/mol. The molecule has 0 aromatic heterocycles. The van der Waals surface area contributed by atoms with Crippen LogP contribution in [0.3, 0.4) is 0 Å². The van der Waals surface area contributed by atoms with Gasteiger partial charge in [-0.2, -0.15) is 0 Å². The number of hydrogen-bond acceptors (Lipinski definition) is 1. The standard InChI is InChI=1S/C15H16FNO/c16-14-5-3-13(4-6-14)15(18)17-9-7-12(8-10-17)11-1-2-11/h3-6H,1-2,7-10H2. The van der Waals surface area contributed by atoms with E-state index in [0.29, 0.717) is 5.56 Å². The number of benzene rings is 1. The quantitative estimate of drug-likeness (QED) is 0.696. The Balaban J connectivity index is 1.67. The molecule has 3 heteroatoms. The lowest BCUT2D eigenvalue weighted by atomic mass is 10.0. The number of likely N-dealkylation sites (tertiary alicyclic amines) is 1. The number of carbonyl (C=O) groups is 1. The zero-order valence-corrected chi connectivity index (χ0v) is 10.3. The maximum Gasteiger partial charge on any atom is 0.253 e. The molecule has 0 spiro atoms. The Hall–Kier alpha value is -1.64. The van der Waals surface area contributed by atoms with Gasteiger partial charge < -0.3 is 4.90 Å². The molecule has 0 radical (unpaired) electrons. The molecule has 1 saturated carbocycles. The summed E-state index contributed by atoms with van der Waals surface area (Å²) in [5, 5.41) is 0. The van der Waals surface area contributed by atoms with Gasteiger partial charge in [-0.05, 0) is 49.9 Å². The van der Waals surface area contributed by atoms with Crippen LogP contribution in [-0.4, -0.2) is 23.9 Å².